The van der Waals surface area contributed by atoms with E-state index in [1.807, 2.05) is 26.8 Å². The van der Waals surface area contributed by atoms with Crippen LogP contribution in [0.3, 0.4) is 0 Å². The van der Waals surface area contributed by atoms with Crippen molar-refractivity contribution in [2.75, 3.05) is 27.9 Å². The zero-order valence-electron chi connectivity index (χ0n) is 35.5. The smallest absolute Gasteiger partial charge is 0.330 e. The maximum Gasteiger partial charge on any atom is 0.330 e. The van der Waals surface area contributed by atoms with Crippen LogP contribution >= 0.6 is 0 Å². The highest BCUT2D eigenvalue weighted by Gasteiger charge is 2.51. The van der Waals surface area contributed by atoms with Crippen molar-refractivity contribution in [3.8, 4) is 0 Å². The Labute approximate surface area is 337 Å². The second kappa shape index (κ2) is 21.0. The molecule has 0 amide bonds. The first-order valence-electron chi connectivity index (χ1n) is 20.2. The molecule has 0 radical (unpaired) electrons. The van der Waals surface area contributed by atoms with Gasteiger partial charge in [-0.15, -0.1) is 0 Å². The quantitative estimate of drug-likeness (QED) is 0.167. The molecule has 0 aromatic heterocycles. The predicted molar refractivity (Wildman–Crippen MR) is 206 cm³/mol. The van der Waals surface area contributed by atoms with E-state index in [0.717, 1.165) is 0 Å². The molecule has 1 N–H and O–H groups in total. The molecule has 17 atom stereocenters. The minimum atomic E-state index is -1.35. The third-order valence-electron chi connectivity index (χ3n) is 11.4. The minimum Gasteiger partial charge on any atom is -0.459 e. The Hall–Kier alpha value is -2.73. The van der Waals surface area contributed by atoms with Crippen molar-refractivity contribution in [3.05, 3.63) is 36.5 Å². The Morgan fingerprint density at radius 2 is 1.47 bits per heavy atom. The van der Waals surface area contributed by atoms with Gasteiger partial charge < -0.3 is 57.2 Å². The fourth-order valence-corrected chi connectivity index (χ4v) is 7.91. The van der Waals surface area contributed by atoms with Gasteiger partial charge in [0.25, 0.3) is 0 Å². The number of esters is 3. The van der Waals surface area contributed by atoms with E-state index in [4.69, 9.17) is 52.1 Å². The first-order chi connectivity index (χ1) is 27.0. The van der Waals surface area contributed by atoms with Crippen LogP contribution in [0.25, 0.3) is 0 Å². The SMILES string of the molecule is C=C1/C=C/C2OC2C(COC2OC(C)C(OC(=O)CC)C(OC)C2OC)C(C)OC(=O)/C=C/C(C)C(OC2OC(C)CC(OC)C2OC(=O)CC)C(C)CC1(C)O. The van der Waals surface area contributed by atoms with Crippen molar-refractivity contribution >= 4 is 17.9 Å². The average Bonchev–Trinajstić information content (AvgIpc) is 3.94. The third-order valence-corrected chi connectivity index (χ3v) is 11.4. The van der Waals surface area contributed by atoms with Gasteiger partial charge in [0.15, 0.2) is 24.8 Å². The third kappa shape index (κ3) is 12.2. The van der Waals surface area contributed by atoms with Crippen LogP contribution < -0.4 is 0 Å². The number of cyclic esters (lactones) is 1. The lowest BCUT2D eigenvalue weighted by atomic mass is 9.81. The van der Waals surface area contributed by atoms with Crippen LogP contribution in [0.15, 0.2) is 36.5 Å². The van der Waals surface area contributed by atoms with Gasteiger partial charge in [0.1, 0.15) is 30.5 Å². The lowest BCUT2D eigenvalue weighted by Gasteiger charge is -2.44. The summed E-state index contributed by atoms with van der Waals surface area (Å²) in [5.74, 6) is -2.55. The van der Waals surface area contributed by atoms with Crippen molar-refractivity contribution in [1.29, 1.82) is 0 Å². The topological polar surface area (TPSA) is 176 Å². The van der Waals surface area contributed by atoms with Crippen LogP contribution in [-0.2, 0) is 66.5 Å². The predicted octanol–water partition coefficient (Wildman–Crippen LogP) is 4.37. The lowest BCUT2D eigenvalue weighted by Crippen LogP contribution is -2.60. The monoisotopic (exact) mass is 810 g/mol. The summed E-state index contributed by atoms with van der Waals surface area (Å²) in [6.07, 6.45) is -0.465. The van der Waals surface area contributed by atoms with Gasteiger partial charge in [-0.1, -0.05) is 52.5 Å². The minimum absolute atomic E-state index is 0.0504. The van der Waals surface area contributed by atoms with Gasteiger partial charge in [0, 0.05) is 58.5 Å². The molecule has 0 saturated carbocycles. The molecule has 4 aliphatic rings. The number of hydrogen-bond donors (Lipinski definition) is 1. The summed E-state index contributed by atoms with van der Waals surface area (Å²) in [6, 6.07) is 0. The molecule has 17 unspecified atom stereocenters. The van der Waals surface area contributed by atoms with Crippen molar-refractivity contribution in [2.24, 2.45) is 17.8 Å². The highest BCUT2D eigenvalue weighted by atomic mass is 16.7. The van der Waals surface area contributed by atoms with Crippen LogP contribution in [0.4, 0.5) is 0 Å². The number of methoxy groups -OCH3 is 3. The summed E-state index contributed by atoms with van der Waals surface area (Å²) in [5.41, 5.74) is -0.884. The summed E-state index contributed by atoms with van der Waals surface area (Å²) in [5, 5.41) is 11.8. The zero-order chi connectivity index (χ0) is 42.2. The molecular weight excluding hydrogens is 744 g/mol. The Balaban J connectivity index is 1.57. The van der Waals surface area contributed by atoms with E-state index in [1.165, 1.54) is 20.3 Å². The van der Waals surface area contributed by atoms with Gasteiger partial charge in [0.05, 0.1) is 36.6 Å². The largest absolute Gasteiger partial charge is 0.459 e. The molecule has 4 heterocycles. The van der Waals surface area contributed by atoms with Gasteiger partial charge in [-0.2, -0.15) is 0 Å². The number of fused-ring (bicyclic) bond motifs is 1. The van der Waals surface area contributed by atoms with Gasteiger partial charge >= 0.3 is 17.9 Å². The fourth-order valence-electron chi connectivity index (χ4n) is 7.91. The molecule has 15 nitrogen and oxygen atoms in total. The molecule has 15 heteroatoms. The maximum atomic E-state index is 13.4. The molecule has 4 rings (SSSR count). The molecule has 0 spiro atoms. The molecule has 0 aliphatic carbocycles. The van der Waals surface area contributed by atoms with E-state index in [9.17, 15) is 19.5 Å². The molecule has 0 bridgehead atoms. The van der Waals surface area contributed by atoms with Crippen molar-refractivity contribution in [3.63, 3.8) is 0 Å². The first kappa shape index (κ1) is 47.0. The summed E-state index contributed by atoms with van der Waals surface area (Å²) in [6.45, 7) is 18.6. The number of carbonyl (C=O) groups is 3. The zero-order valence-corrected chi connectivity index (χ0v) is 35.5. The van der Waals surface area contributed by atoms with Gasteiger partial charge in [-0.25, -0.2) is 4.79 Å². The van der Waals surface area contributed by atoms with E-state index in [0.29, 0.717) is 12.0 Å². The Morgan fingerprint density at radius 1 is 0.825 bits per heavy atom. The fraction of sp³-hybridized carbons (Fsp3) is 0.786. The van der Waals surface area contributed by atoms with Crippen LogP contribution in [0.2, 0.25) is 0 Å². The maximum absolute atomic E-state index is 13.4. The molecule has 3 saturated heterocycles. The second-order valence-corrected chi connectivity index (χ2v) is 15.9. The lowest BCUT2D eigenvalue weighted by molar-refractivity contribution is -0.307. The van der Waals surface area contributed by atoms with E-state index < -0.39 is 96.9 Å². The molecule has 0 aromatic rings. The normalized spacial score (nSPS) is 42.9. The summed E-state index contributed by atoms with van der Waals surface area (Å²) >= 11 is 0. The molecular formula is C42H66O15. The summed E-state index contributed by atoms with van der Waals surface area (Å²) < 4.78 is 66.1. The summed E-state index contributed by atoms with van der Waals surface area (Å²) in [4.78, 5) is 38.1. The number of hydrogen-bond acceptors (Lipinski definition) is 15. The van der Waals surface area contributed by atoms with Gasteiger partial charge in [0.2, 0.25) is 0 Å². The molecule has 3 fully saturated rings. The van der Waals surface area contributed by atoms with Gasteiger partial charge in [-0.3, -0.25) is 9.59 Å². The van der Waals surface area contributed by atoms with Crippen molar-refractivity contribution in [1.82, 2.24) is 0 Å². The van der Waals surface area contributed by atoms with Crippen molar-refractivity contribution < 1.29 is 71.6 Å². The molecule has 324 valence electrons. The highest BCUT2D eigenvalue weighted by Crippen LogP contribution is 2.38. The number of ether oxygens (including phenoxy) is 11. The number of rotatable bonds is 12. The first-order valence-corrected chi connectivity index (χ1v) is 20.2. The summed E-state index contributed by atoms with van der Waals surface area (Å²) in [7, 11) is 4.56. The van der Waals surface area contributed by atoms with E-state index >= 15 is 0 Å². The molecule has 0 aromatic carbocycles. The Morgan fingerprint density at radius 3 is 2.09 bits per heavy atom. The Bertz CT molecular complexity index is 1410. The number of epoxide rings is 1. The van der Waals surface area contributed by atoms with E-state index in [-0.39, 0.29) is 50.0 Å². The standard InChI is InChI=1S/C42H66O15/c1-13-31(43)55-35-27(8)53-40(39(49-12)38(35)48-11)50-21-28-26(7)52-33(45)18-15-22(3)34(23(4)20-42(9,46)24(5)16-17-29-36(28)54-29)57-41-37(56-32(44)14-2)30(47-10)19-25(6)51-41/h15-18,22-23,25-30,34-41,46H,5,13-14,19-21H2,1-4,6-12H3/b17-16+,18-15+. The molecule has 57 heavy (non-hydrogen) atoms. The van der Waals surface area contributed by atoms with E-state index in [2.05, 4.69) is 6.58 Å². The average molecular weight is 811 g/mol. The van der Waals surface area contributed by atoms with E-state index in [1.54, 1.807) is 53.9 Å². The van der Waals surface area contributed by atoms with Crippen molar-refractivity contribution in [2.45, 2.75) is 166 Å². The van der Waals surface area contributed by atoms with Crippen LogP contribution in [0.5, 0.6) is 0 Å². The highest BCUT2D eigenvalue weighted by molar-refractivity contribution is 5.82. The van der Waals surface area contributed by atoms with Crippen LogP contribution in [0.1, 0.15) is 81.1 Å². The van der Waals surface area contributed by atoms with Gasteiger partial charge in [-0.05, 0) is 45.6 Å². The molecule has 4 aliphatic heterocycles. The second-order valence-electron chi connectivity index (χ2n) is 15.9. The van der Waals surface area contributed by atoms with Crippen LogP contribution in [0, 0.1) is 17.8 Å². The van der Waals surface area contributed by atoms with Crippen LogP contribution in [-0.4, -0.2) is 136 Å². The number of aliphatic hydroxyl groups is 1. The number of carbonyl (C=O) groups excluding carboxylic acids is 3. The Kier molecular flexibility index (Phi) is 17.3.